The third kappa shape index (κ3) is 3.67. The summed E-state index contributed by atoms with van der Waals surface area (Å²) < 4.78 is 1.62. The molecule has 2 N–H and O–H groups in total. The van der Waals surface area contributed by atoms with Crippen molar-refractivity contribution in [1.29, 1.82) is 0 Å². The molecule has 0 aromatic carbocycles. The molecule has 27 heavy (non-hydrogen) atoms. The highest BCUT2D eigenvalue weighted by Crippen LogP contribution is 2.33. The van der Waals surface area contributed by atoms with Gasteiger partial charge in [-0.1, -0.05) is 0 Å². The average Bonchev–Trinajstić information content (AvgIpc) is 3.06. The maximum absolute atomic E-state index is 13.0. The Morgan fingerprint density at radius 3 is 3.00 bits per heavy atom. The highest BCUT2D eigenvalue weighted by atomic mass is 32.1. The van der Waals surface area contributed by atoms with Crippen LogP contribution in [0.25, 0.3) is 10.2 Å². The van der Waals surface area contributed by atoms with Crippen molar-refractivity contribution in [1.82, 2.24) is 14.5 Å². The van der Waals surface area contributed by atoms with Gasteiger partial charge >= 0.3 is 0 Å². The number of hydrogen-bond acceptors (Lipinski definition) is 5. The van der Waals surface area contributed by atoms with Crippen LogP contribution in [0.5, 0.6) is 0 Å². The van der Waals surface area contributed by atoms with Crippen LogP contribution in [0.2, 0.25) is 0 Å². The van der Waals surface area contributed by atoms with Gasteiger partial charge in [0, 0.05) is 37.0 Å². The minimum absolute atomic E-state index is 0.0132. The molecule has 1 saturated heterocycles. The van der Waals surface area contributed by atoms with Crippen molar-refractivity contribution in [2.45, 2.75) is 64.5 Å². The Kier molecular flexibility index (Phi) is 5.32. The molecule has 2 unspecified atom stereocenters. The van der Waals surface area contributed by atoms with Gasteiger partial charge in [0.25, 0.3) is 5.56 Å². The van der Waals surface area contributed by atoms with Gasteiger partial charge in [-0.15, -0.1) is 11.3 Å². The molecule has 7 heteroatoms. The molecule has 0 radical (unpaired) electrons. The number of carbonyl (C=O) groups is 1. The Hall–Kier alpha value is -1.73. The zero-order valence-corrected chi connectivity index (χ0v) is 16.8. The number of carbonyl (C=O) groups excluding carboxylic acids is 1. The number of amides is 1. The first-order valence-corrected chi connectivity index (χ1v) is 10.9. The lowest BCUT2D eigenvalue weighted by atomic mass is 9.92. The SMILES string of the molecule is CC(N)C1CCCN(C(=O)CCn2cnc3sc4c(c3c2=O)CCCC4)C1. The van der Waals surface area contributed by atoms with Crippen molar-refractivity contribution in [2.24, 2.45) is 11.7 Å². The maximum atomic E-state index is 13.0. The number of hydrogen-bond donors (Lipinski definition) is 1. The summed E-state index contributed by atoms with van der Waals surface area (Å²) in [5, 5.41) is 0.791. The third-order valence-electron chi connectivity index (χ3n) is 6.06. The molecule has 6 nitrogen and oxygen atoms in total. The van der Waals surface area contributed by atoms with Crippen LogP contribution < -0.4 is 11.3 Å². The second-order valence-electron chi connectivity index (χ2n) is 7.99. The van der Waals surface area contributed by atoms with E-state index in [-0.39, 0.29) is 17.5 Å². The third-order valence-corrected chi connectivity index (χ3v) is 7.26. The summed E-state index contributed by atoms with van der Waals surface area (Å²) in [7, 11) is 0. The van der Waals surface area contributed by atoms with Gasteiger partial charge in [-0.25, -0.2) is 4.98 Å². The topological polar surface area (TPSA) is 81.2 Å². The predicted octanol–water partition coefficient (Wildman–Crippen LogP) is 2.31. The number of fused-ring (bicyclic) bond motifs is 3. The summed E-state index contributed by atoms with van der Waals surface area (Å²) in [4.78, 5) is 34.2. The lowest BCUT2D eigenvalue weighted by molar-refractivity contribution is -0.133. The smallest absolute Gasteiger partial charge is 0.262 e. The molecule has 0 bridgehead atoms. The monoisotopic (exact) mass is 388 g/mol. The first kappa shape index (κ1) is 18.6. The fraction of sp³-hybridized carbons (Fsp3) is 0.650. The normalized spacial score (nSPS) is 21.3. The van der Waals surface area contributed by atoms with E-state index in [9.17, 15) is 9.59 Å². The van der Waals surface area contributed by atoms with Crippen LogP contribution in [0.1, 0.15) is 49.5 Å². The highest BCUT2D eigenvalue weighted by molar-refractivity contribution is 7.18. The Morgan fingerprint density at radius 1 is 1.37 bits per heavy atom. The summed E-state index contributed by atoms with van der Waals surface area (Å²) in [5.74, 6) is 0.487. The number of nitrogens with zero attached hydrogens (tertiary/aromatic N) is 3. The van der Waals surface area contributed by atoms with Crippen molar-refractivity contribution < 1.29 is 4.79 Å². The number of aromatic nitrogens is 2. The number of piperidine rings is 1. The molecule has 0 spiro atoms. The molecular formula is C20H28N4O2S. The molecule has 4 rings (SSSR count). The van der Waals surface area contributed by atoms with Gasteiger partial charge in [-0.3, -0.25) is 14.2 Å². The zero-order valence-electron chi connectivity index (χ0n) is 15.9. The Bertz CT molecular complexity index is 901. The summed E-state index contributed by atoms with van der Waals surface area (Å²) in [6.45, 7) is 3.94. The largest absolute Gasteiger partial charge is 0.342 e. The first-order valence-electron chi connectivity index (χ1n) is 10.1. The number of aryl methyl sites for hydroxylation is 3. The molecule has 2 atom stereocenters. The Labute approximate surface area is 163 Å². The molecule has 2 aromatic rings. The minimum Gasteiger partial charge on any atom is -0.342 e. The Balaban J connectivity index is 1.48. The maximum Gasteiger partial charge on any atom is 0.262 e. The second-order valence-corrected chi connectivity index (χ2v) is 9.07. The molecule has 3 heterocycles. The van der Waals surface area contributed by atoms with E-state index in [2.05, 4.69) is 4.98 Å². The Morgan fingerprint density at radius 2 is 2.19 bits per heavy atom. The first-order chi connectivity index (χ1) is 13.0. The lowest BCUT2D eigenvalue weighted by Gasteiger charge is -2.34. The second kappa shape index (κ2) is 7.72. The molecule has 2 aromatic heterocycles. The molecule has 1 aliphatic carbocycles. The van der Waals surface area contributed by atoms with Crippen molar-refractivity contribution >= 4 is 27.5 Å². The number of thiophene rings is 1. The summed E-state index contributed by atoms with van der Waals surface area (Å²) in [6, 6.07) is 0.111. The van der Waals surface area contributed by atoms with Crippen LogP contribution in [-0.4, -0.2) is 39.5 Å². The van der Waals surface area contributed by atoms with E-state index in [0.717, 1.165) is 55.4 Å². The predicted molar refractivity (Wildman–Crippen MR) is 108 cm³/mol. The van der Waals surface area contributed by atoms with E-state index in [4.69, 9.17) is 5.73 Å². The van der Waals surface area contributed by atoms with Crippen LogP contribution in [0.3, 0.4) is 0 Å². The molecule has 1 aliphatic heterocycles. The van der Waals surface area contributed by atoms with E-state index in [1.807, 2.05) is 11.8 Å². The van der Waals surface area contributed by atoms with Gasteiger partial charge in [0.15, 0.2) is 0 Å². The minimum atomic E-state index is 0.0132. The van der Waals surface area contributed by atoms with Gasteiger partial charge < -0.3 is 10.6 Å². The van der Waals surface area contributed by atoms with Crippen LogP contribution in [0.4, 0.5) is 0 Å². The standard InChI is InChI=1S/C20H28N4O2S/c1-13(21)14-5-4-9-23(11-14)17(25)8-10-24-12-22-19-18(20(24)26)15-6-2-3-7-16(15)27-19/h12-14H,2-11,21H2,1H3. The van der Waals surface area contributed by atoms with E-state index in [1.165, 1.54) is 16.9 Å². The van der Waals surface area contributed by atoms with E-state index in [1.54, 1.807) is 22.2 Å². The van der Waals surface area contributed by atoms with Gasteiger partial charge in [0.1, 0.15) is 4.83 Å². The van der Waals surface area contributed by atoms with Crippen molar-refractivity contribution in [3.05, 3.63) is 27.1 Å². The molecule has 1 amide bonds. The average molecular weight is 389 g/mol. The van der Waals surface area contributed by atoms with Crippen LogP contribution in [-0.2, 0) is 24.2 Å². The zero-order chi connectivity index (χ0) is 19.0. The van der Waals surface area contributed by atoms with Gasteiger partial charge in [0.2, 0.25) is 5.91 Å². The van der Waals surface area contributed by atoms with Gasteiger partial charge in [0.05, 0.1) is 11.7 Å². The summed E-state index contributed by atoms with van der Waals surface area (Å²) >= 11 is 1.66. The fourth-order valence-corrected chi connectivity index (χ4v) is 5.60. The molecular weight excluding hydrogens is 360 g/mol. The fourth-order valence-electron chi connectivity index (χ4n) is 4.38. The summed E-state index contributed by atoms with van der Waals surface area (Å²) in [5.41, 5.74) is 7.24. The van der Waals surface area contributed by atoms with Crippen LogP contribution in [0.15, 0.2) is 11.1 Å². The number of likely N-dealkylation sites (tertiary alicyclic amines) is 1. The van der Waals surface area contributed by atoms with Crippen LogP contribution in [0, 0.1) is 5.92 Å². The van der Waals surface area contributed by atoms with Crippen molar-refractivity contribution in [3.63, 3.8) is 0 Å². The van der Waals surface area contributed by atoms with Gasteiger partial charge in [-0.2, -0.15) is 0 Å². The van der Waals surface area contributed by atoms with Crippen molar-refractivity contribution in [2.75, 3.05) is 13.1 Å². The quantitative estimate of drug-likeness (QED) is 0.871. The van der Waals surface area contributed by atoms with E-state index in [0.29, 0.717) is 18.9 Å². The molecule has 2 aliphatic rings. The van der Waals surface area contributed by atoms with Crippen molar-refractivity contribution in [3.8, 4) is 0 Å². The summed E-state index contributed by atoms with van der Waals surface area (Å²) in [6.07, 6.45) is 8.41. The number of rotatable bonds is 4. The number of nitrogens with two attached hydrogens (primary N) is 1. The molecule has 0 saturated carbocycles. The lowest BCUT2D eigenvalue weighted by Crippen LogP contribution is -2.45. The highest BCUT2D eigenvalue weighted by Gasteiger charge is 2.26. The van der Waals surface area contributed by atoms with Gasteiger partial charge in [-0.05, 0) is 56.9 Å². The molecule has 146 valence electrons. The van der Waals surface area contributed by atoms with E-state index < -0.39 is 0 Å². The van der Waals surface area contributed by atoms with Crippen LogP contribution >= 0.6 is 11.3 Å². The molecule has 1 fully saturated rings. The van der Waals surface area contributed by atoms with E-state index >= 15 is 0 Å².